The van der Waals surface area contributed by atoms with Gasteiger partial charge in [0.15, 0.2) is 5.78 Å². The minimum atomic E-state index is -0.0349. The second kappa shape index (κ2) is 4.52. The number of aryl methyl sites for hydroxylation is 2. The average molecular weight is 289 g/mol. The molecule has 0 aromatic carbocycles. The van der Waals surface area contributed by atoms with Gasteiger partial charge in [0.25, 0.3) is 0 Å². The number of ketones is 1. The first-order valence-electron chi connectivity index (χ1n) is 6.93. The lowest BCUT2D eigenvalue weighted by molar-refractivity contribution is 0.0976. The largest absolute Gasteiger partial charge is 0.293 e. The molecule has 0 saturated carbocycles. The zero-order chi connectivity index (χ0) is 14.5. The van der Waals surface area contributed by atoms with Gasteiger partial charge in [0.2, 0.25) is 0 Å². The van der Waals surface area contributed by atoms with E-state index in [-0.39, 0.29) is 11.2 Å². The standard InChI is InChI=1S/C15H19N3OS/c1-15(2,3)13-9(8-18(4)17-13)14-16-10-6-5-7-11(19)12(10)20-14/h8H,5-7H2,1-4H3. The van der Waals surface area contributed by atoms with Crippen molar-refractivity contribution in [2.75, 3.05) is 0 Å². The SMILES string of the molecule is Cn1cc(-c2nc3c(s2)C(=O)CCC3)c(C(C)(C)C)n1. The fraction of sp³-hybridized carbons (Fsp3) is 0.533. The molecule has 0 radical (unpaired) electrons. The van der Waals surface area contributed by atoms with E-state index in [9.17, 15) is 4.79 Å². The summed E-state index contributed by atoms with van der Waals surface area (Å²) in [5.41, 5.74) is 3.04. The number of nitrogens with zero attached hydrogens (tertiary/aromatic N) is 3. The average Bonchev–Trinajstić information content (AvgIpc) is 2.92. The molecule has 0 amide bonds. The van der Waals surface area contributed by atoms with E-state index in [0.717, 1.165) is 39.7 Å². The Balaban J connectivity index is 2.13. The highest BCUT2D eigenvalue weighted by Crippen LogP contribution is 2.37. The Morgan fingerprint density at radius 2 is 2.05 bits per heavy atom. The van der Waals surface area contributed by atoms with Gasteiger partial charge in [-0.1, -0.05) is 20.8 Å². The number of carbonyl (C=O) groups excluding carboxylic acids is 1. The second-order valence-corrected chi connectivity index (χ2v) is 7.39. The van der Waals surface area contributed by atoms with Crippen molar-refractivity contribution in [3.05, 3.63) is 22.5 Å². The minimum Gasteiger partial charge on any atom is -0.293 e. The molecule has 4 nitrogen and oxygen atoms in total. The third-order valence-corrected chi connectivity index (χ3v) is 4.71. The van der Waals surface area contributed by atoms with Crippen LogP contribution in [0.2, 0.25) is 0 Å². The summed E-state index contributed by atoms with van der Waals surface area (Å²) >= 11 is 1.53. The fourth-order valence-corrected chi connectivity index (χ4v) is 3.67. The predicted molar refractivity (Wildman–Crippen MR) is 80.3 cm³/mol. The number of hydrogen-bond donors (Lipinski definition) is 0. The predicted octanol–water partition coefficient (Wildman–Crippen LogP) is 3.36. The van der Waals surface area contributed by atoms with E-state index in [1.165, 1.54) is 11.3 Å². The second-order valence-electron chi connectivity index (χ2n) is 6.39. The first-order chi connectivity index (χ1) is 9.36. The lowest BCUT2D eigenvalue weighted by atomic mass is 9.90. The van der Waals surface area contributed by atoms with Crippen LogP contribution in [0.1, 0.15) is 54.7 Å². The summed E-state index contributed by atoms with van der Waals surface area (Å²) in [6.45, 7) is 6.45. The topological polar surface area (TPSA) is 47.8 Å². The summed E-state index contributed by atoms with van der Waals surface area (Å²) in [5.74, 6) is 0.246. The van der Waals surface area contributed by atoms with Crippen LogP contribution in [0.4, 0.5) is 0 Å². The Bertz CT molecular complexity index is 676. The molecule has 106 valence electrons. The Kier molecular flexibility index (Phi) is 3.05. The molecule has 5 heteroatoms. The van der Waals surface area contributed by atoms with E-state index < -0.39 is 0 Å². The van der Waals surface area contributed by atoms with Gasteiger partial charge in [-0.2, -0.15) is 5.10 Å². The molecule has 1 aliphatic carbocycles. The molecule has 3 rings (SSSR count). The Morgan fingerprint density at radius 3 is 2.70 bits per heavy atom. The molecule has 0 aliphatic heterocycles. The monoisotopic (exact) mass is 289 g/mol. The quantitative estimate of drug-likeness (QED) is 0.808. The minimum absolute atomic E-state index is 0.0349. The van der Waals surface area contributed by atoms with Crippen molar-refractivity contribution in [3.63, 3.8) is 0 Å². The third-order valence-electron chi connectivity index (χ3n) is 3.54. The number of fused-ring (bicyclic) bond motifs is 1. The Hall–Kier alpha value is -1.49. The van der Waals surface area contributed by atoms with Crippen molar-refractivity contribution in [2.24, 2.45) is 7.05 Å². The van der Waals surface area contributed by atoms with E-state index in [2.05, 4.69) is 25.9 Å². The highest BCUT2D eigenvalue weighted by Gasteiger charge is 2.27. The molecule has 0 N–H and O–H groups in total. The number of Topliss-reactive ketones (excluding diaryl/α,β-unsaturated/α-hetero) is 1. The van der Waals surface area contributed by atoms with Crippen LogP contribution in [0.25, 0.3) is 10.6 Å². The summed E-state index contributed by atoms with van der Waals surface area (Å²) < 4.78 is 1.83. The molecule has 0 saturated heterocycles. The summed E-state index contributed by atoms with van der Waals surface area (Å²) in [6, 6.07) is 0. The number of carbonyl (C=O) groups is 1. The van der Waals surface area contributed by atoms with Gasteiger partial charge in [-0.15, -0.1) is 11.3 Å². The molecule has 0 bridgehead atoms. The van der Waals surface area contributed by atoms with Crippen LogP contribution in [0.3, 0.4) is 0 Å². The molecule has 0 fully saturated rings. The van der Waals surface area contributed by atoms with Crippen molar-refractivity contribution in [2.45, 2.75) is 45.4 Å². The van der Waals surface area contributed by atoms with Gasteiger partial charge in [-0.05, 0) is 12.8 Å². The highest BCUT2D eigenvalue weighted by molar-refractivity contribution is 7.17. The fourth-order valence-electron chi connectivity index (χ4n) is 2.58. The van der Waals surface area contributed by atoms with Gasteiger partial charge in [0.05, 0.1) is 21.8 Å². The van der Waals surface area contributed by atoms with Crippen LogP contribution in [-0.2, 0) is 18.9 Å². The molecule has 0 atom stereocenters. The summed E-state index contributed by atoms with van der Waals surface area (Å²) in [4.78, 5) is 17.5. The van der Waals surface area contributed by atoms with E-state index in [0.29, 0.717) is 6.42 Å². The maximum atomic E-state index is 12.0. The molecular weight excluding hydrogens is 270 g/mol. The molecule has 0 unspecified atom stereocenters. The molecule has 0 spiro atoms. The number of aromatic nitrogens is 3. The van der Waals surface area contributed by atoms with Gasteiger partial charge in [-0.25, -0.2) is 4.98 Å². The van der Waals surface area contributed by atoms with Gasteiger partial charge in [0.1, 0.15) is 5.01 Å². The Labute approximate surface area is 122 Å². The van der Waals surface area contributed by atoms with Crippen LogP contribution in [-0.4, -0.2) is 20.5 Å². The van der Waals surface area contributed by atoms with Crippen LogP contribution in [0.5, 0.6) is 0 Å². The number of thiazole rings is 1. The van der Waals surface area contributed by atoms with E-state index >= 15 is 0 Å². The normalized spacial score (nSPS) is 15.5. The van der Waals surface area contributed by atoms with Crippen molar-refractivity contribution in [1.29, 1.82) is 0 Å². The van der Waals surface area contributed by atoms with Crippen LogP contribution in [0.15, 0.2) is 6.20 Å². The van der Waals surface area contributed by atoms with Crippen molar-refractivity contribution >= 4 is 17.1 Å². The van der Waals surface area contributed by atoms with Crippen LogP contribution >= 0.6 is 11.3 Å². The molecule has 2 aromatic heterocycles. The number of rotatable bonds is 1. The van der Waals surface area contributed by atoms with Gasteiger partial charge in [0, 0.05) is 25.1 Å². The first kappa shape index (κ1) is 13.5. The third kappa shape index (κ3) is 2.20. The molecule has 2 heterocycles. The van der Waals surface area contributed by atoms with Crippen molar-refractivity contribution in [3.8, 4) is 10.6 Å². The first-order valence-corrected chi connectivity index (χ1v) is 7.75. The molecule has 1 aliphatic rings. The molecule has 2 aromatic rings. The van der Waals surface area contributed by atoms with Gasteiger partial charge < -0.3 is 0 Å². The van der Waals surface area contributed by atoms with Crippen molar-refractivity contribution in [1.82, 2.24) is 14.8 Å². The lowest BCUT2D eigenvalue weighted by Crippen LogP contribution is -2.13. The van der Waals surface area contributed by atoms with Gasteiger partial charge >= 0.3 is 0 Å². The summed E-state index contributed by atoms with van der Waals surface area (Å²) in [5, 5.41) is 5.52. The molecule has 20 heavy (non-hydrogen) atoms. The van der Waals surface area contributed by atoms with E-state index in [4.69, 9.17) is 4.98 Å². The maximum Gasteiger partial charge on any atom is 0.174 e. The smallest absolute Gasteiger partial charge is 0.174 e. The number of hydrogen-bond acceptors (Lipinski definition) is 4. The zero-order valence-electron chi connectivity index (χ0n) is 12.4. The summed E-state index contributed by atoms with van der Waals surface area (Å²) in [6.07, 6.45) is 4.51. The van der Waals surface area contributed by atoms with Crippen LogP contribution in [0, 0.1) is 0 Å². The van der Waals surface area contributed by atoms with Crippen molar-refractivity contribution < 1.29 is 4.79 Å². The molecular formula is C15H19N3OS. The zero-order valence-corrected chi connectivity index (χ0v) is 13.2. The highest BCUT2D eigenvalue weighted by atomic mass is 32.1. The van der Waals surface area contributed by atoms with E-state index in [1.54, 1.807) is 0 Å². The lowest BCUT2D eigenvalue weighted by Gasteiger charge is -2.16. The Morgan fingerprint density at radius 1 is 1.30 bits per heavy atom. The van der Waals surface area contributed by atoms with E-state index in [1.807, 2.05) is 17.9 Å². The van der Waals surface area contributed by atoms with Crippen LogP contribution < -0.4 is 0 Å². The summed E-state index contributed by atoms with van der Waals surface area (Å²) in [7, 11) is 1.93. The van der Waals surface area contributed by atoms with Gasteiger partial charge in [-0.3, -0.25) is 9.48 Å². The maximum absolute atomic E-state index is 12.0.